The molecule has 0 radical (unpaired) electrons. The van der Waals surface area contributed by atoms with Gasteiger partial charge in [0.25, 0.3) is 0 Å². The second kappa shape index (κ2) is 18.8. The molecule has 6 nitrogen and oxygen atoms in total. The lowest BCUT2D eigenvalue weighted by Crippen LogP contribution is -2.09. The highest BCUT2D eigenvalue weighted by molar-refractivity contribution is 5.73. The molecule has 0 saturated carbocycles. The van der Waals surface area contributed by atoms with E-state index in [1.54, 1.807) is 0 Å². The lowest BCUT2D eigenvalue weighted by molar-refractivity contribution is 0.0973. The summed E-state index contributed by atoms with van der Waals surface area (Å²) in [5.74, 6) is 1.32. The van der Waals surface area contributed by atoms with Gasteiger partial charge in [0.15, 0.2) is 0 Å². The summed E-state index contributed by atoms with van der Waals surface area (Å²) < 4.78 is 23.2. The predicted molar refractivity (Wildman–Crippen MR) is 151 cm³/mol. The Morgan fingerprint density at radius 3 is 1.33 bits per heavy atom. The van der Waals surface area contributed by atoms with Crippen LogP contribution in [-0.2, 0) is 9.47 Å². The first-order valence-electron chi connectivity index (χ1n) is 13.9. The second-order valence-electron chi connectivity index (χ2n) is 9.26. The Morgan fingerprint density at radius 1 is 0.500 bits per heavy atom. The lowest BCUT2D eigenvalue weighted by atomic mass is 10.0. The van der Waals surface area contributed by atoms with E-state index in [4.69, 9.17) is 30.4 Å². The van der Waals surface area contributed by atoms with Crippen molar-refractivity contribution in [3.05, 3.63) is 36.4 Å². The molecule has 0 aliphatic rings. The molecule has 0 atom stereocenters. The number of benzene rings is 2. The molecule has 2 aromatic carbocycles. The van der Waals surface area contributed by atoms with Crippen LogP contribution in [0.3, 0.4) is 0 Å². The van der Waals surface area contributed by atoms with Gasteiger partial charge >= 0.3 is 0 Å². The molecular formula is C30H48N2O4. The zero-order chi connectivity index (χ0) is 25.8. The molecule has 0 fully saturated rings. The van der Waals surface area contributed by atoms with E-state index in [2.05, 4.69) is 13.8 Å². The summed E-state index contributed by atoms with van der Waals surface area (Å²) in [6, 6.07) is 11.6. The Labute approximate surface area is 218 Å². The van der Waals surface area contributed by atoms with Crippen LogP contribution in [0, 0.1) is 0 Å². The van der Waals surface area contributed by atoms with Crippen molar-refractivity contribution in [1.29, 1.82) is 0 Å². The number of ether oxygens (including phenoxy) is 4. The smallest absolute Gasteiger partial charge is 0.142 e. The Hall–Kier alpha value is -2.44. The van der Waals surface area contributed by atoms with Crippen LogP contribution in [0.25, 0.3) is 11.1 Å². The van der Waals surface area contributed by atoms with Gasteiger partial charge in [0.05, 0.1) is 24.6 Å². The number of anilines is 2. The Kier molecular flexibility index (Phi) is 15.5. The van der Waals surface area contributed by atoms with Crippen LogP contribution in [0.15, 0.2) is 36.4 Å². The van der Waals surface area contributed by atoms with Crippen LogP contribution in [-0.4, -0.2) is 39.6 Å². The topological polar surface area (TPSA) is 89.0 Å². The maximum Gasteiger partial charge on any atom is 0.142 e. The van der Waals surface area contributed by atoms with Gasteiger partial charge in [-0.25, -0.2) is 0 Å². The normalized spacial score (nSPS) is 11.1. The minimum absolute atomic E-state index is 0.470. The fraction of sp³-hybridized carbons (Fsp3) is 0.600. The van der Waals surface area contributed by atoms with Crippen molar-refractivity contribution in [1.82, 2.24) is 0 Å². The first kappa shape index (κ1) is 29.8. The van der Waals surface area contributed by atoms with Gasteiger partial charge in [-0.05, 0) is 48.2 Å². The van der Waals surface area contributed by atoms with Gasteiger partial charge in [-0.3, -0.25) is 0 Å². The molecule has 0 spiro atoms. The second-order valence-corrected chi connectivity index (χ2v) is 9.26. The minimum Gasteiger partial charge on any atom is -0.489 e. The largest absolute Gasteiger partial charge is 0.489 e. The van der Waals surface area contributed by atoms with Crippen molar-refractivity contribution in [3.63, 3.8) is 0 Å². The van der Waals surface area contributed by atoms with E-state index in [9.17, 15) is 0 Å². The zero-order valence-electron chi connectivity index (χ0n) is 22.6. The van der Waals surface area contributed by atoms with Gasteiger partial charge in [-0.1, -0.05) is 77.3 Å². The predicted octanol–water partition coefficient (Wildman–Crippen LogP) is 7.25. The van der Waals surface area contributed by atoms with Gasteiger partial charge in [-0.2, -0.15) is 0 Å². The number of hydrogen-bond acceptors (Lipinski definition) is 6. The fourth-order valence-electron chi connectivity index (χ4n) is 3.92. The highest BCUT2D eigenvalue weighted by atomic mass is 16.5. The molecule has 0 saturated heterocycles. The zero-order valence-corrected chi connectivity index (χ0v) is 22.6. The molecule has 6 heteroatoms. The SMILES string of the molecule is CCCCCCCOCCOc1cc(-c2ccc(N)c(OCCOCCCCCCC)c2)ccc1N. The third kappa shape index (κ3) is 12.0. The molecule has 0 aromatic heterocycles. The molecule has 0 bridgehead atoms. The summed E-state index contributed by atoms with van der Waals surface area (Å²) >= 11 is 0. The van der Waals surface area contributed by atoms with Crippen LogP contribution >= 0.6 is 0 Å². The maximum absolute atomic E-state index is 6.15. The lowest BCUT2D eigenvalue weighted by Gasteiger charge is -2.14. The van der Waals surface area contributed by atoms with Crippen LogP contribution in [0.1, 0.15) is 78.1 Å². The van der Waals surface area contributed by atoms with Crippen molar-refractivity contribution < 1.29 is 18.9 Å². The van der Waals surface area contributed by atoms with Gasteiger partial charge in [-0.15, -0.1) is 0 Å². The molecule has 202 valence electrons. The molecule has 0 heterocycles. The number of unbranched alkanes of at least 4 members (excludes halogenated alkanes) is 8. The van der Waals surface area contributed by atoms with Crippen molar-refractivity contribution >= 4 is 11.4 Å². The number of hydrogen-bond donors (Lipinski definition) is 2. The molecule has 0 aliphatic carbocycles. The molecule has 0 aliphatic heterocycles. The van der Waals surface area contributed by atoms with Crippen molar-refractivity contribution in [3.8, 4) is 22.6 Å². The molecule has 36 heavy (non-hydrogen) atoms. The van der Waals surface area contributed by atoms with E-state index in [-0.39, 0.29) is 0 Å². The van der Waals surface area contributed by atoms with Gasteiger partial charge < -0.3 is 30.4 Å². The van der Waals surface area contributed by atoms with Crippen LogP contribution in [0.2, 0.25) is 0 Å². The summed E-state index contributed by atoms with van der Waals surface area (Å²) in [6.07, 6.45) is 12.3. The Morgan fingerprint density at radius 2 is 0.917 bits per heavy atom. The van der Waals surface area contributed by atoms with E-state index in [1.165, 1.54) is 51.4 Å². The van der Waals surface area contributed by atoms with Gasteiger partial charge in [0.1, 0.15) is 24.7 Å². The van der Waals surface area contributed by atoms with Crippen molar-refractivity contribution in [2.45, 2.75) is 78.1 Å². The number of rotatable bonds is 21. The summed E-state index contributed by atoms with van der Waals surface area (Å²) in [7, 11) is 0. The standard InChI is InChI=1S/C30H48N2O4/c1-3-5-7-9-11-17-33-19-21-35-29-23-25(13-15-27(29)31)26-14-16-28(32)30(24-26)36-22-20-34-18-12-10-8-6-4-2/h13-16,23-24H,3-12,17-22,31-32H2,1-2H3. The first-order chi connectivity index (χ1) is 17.7. The number of nitrogen functional groups attached to an aromatic ring is 2. The summed E-state index contributed by atoms with van der Waals surface area (Å²) in [4.78, 5) is 0. The molecular weight excluding hydrogens is 452 g/mol. The number of nitrogens with two attached hydrogens (primary N) is 2. The first-order valence-corrected chi connectivity index (χ1v) is 13.9. The monoisotopic (exact) mass is 500 g/mol. The van der Waals surface area contributed by atoms with Crippen LogP contribution in [0.4, 0.5) is 11.4 Å². The summed E-state index contributed by atoms with van der Waals surface area (Å²) in [6.45, 7) is 8.05. The van der Waals surface area contributed by atoms with Gasteiger partial charge in [0.2, 0.25) is 0 Å². The highest BCUT2D eigenvalue weighted by Gasteiger charge is 2.08. The third-order valence-electron chi connectivity index (χ3n) is 6.12. The van der Waals surface area contributed by atoms with Crippen molar-refractivity contribution in [2.75, 3.05) is 51.1 Å². The van der Waals surface area contributed by atoms with E-state index in [1.807, 2.05) is 36.4 Å². The average molecular weight is 501 g/mol. The molecule has 2 rings (SSSR count). The third-order valence-corrected chi connectivity index (χ3v) is 6.12. The quantitative estimate of drug-likeness (QED) is 0.139. The molecule has 0 unspecified atom stereocenters. The van der Waals surface area contributed by atoms with E-state index in [0.717, 1.165) is 37.2 Å². The van der Waals surface area contributed by atoms with E-state index < -0.39 is 0 Å². The Bertz CT molecular complexity index is 774. The van der Waals surface area contributed by atoms with E-state index in [0.29, 0.717) is 49.3 Å². The molecule has 2 aromatic rings. The minimum atomic E-state index is 0.470. The van der Waals surface area contributed by atoms with Gasteiger partial charge in [0, 0.05) is 13.2 Å². The maximum atomic E-state index is 6.15. The highest BCUT2D eigenvalue weighted by Crippen LogP contribution is 2.33. The molecule has 0 amide bonds. The van der Waals surface area contributed by atoms with Crippen LogP contribution in [0.5, 0.6) is 11.5 Å². The van der Waals surface area contributed by atoms with Crippen LogP contribution < -0.4 is 20.9 Å². The Balaban J connectivity index is 1.78. The average Bonchev–Trinajstić information content (AvgIpc) is 2.88. The fourth-order valence-corrected chi connectivity index (χ4v) is 3.92. The summed E-state index contributed by atoms with van der Waals surface area (Å²) in [5.41, 5.74) is 15.5. The summed E-state index contributed by atoms with van der Waals surface area (Å²) in [5, 5.41) is 0. The molecule has 4 N–H and O–H groups in total. The van der Waals surface area contributed by atoms with Crippen molar-refractivity contribution in [2.24, 2.45) is 0 Å². The van der Waals surface area contributed by atoms with E-state index >= 15 is 0 Å².